The molecule has 1 aromatic carbocycles. The quantitative estimate of drug-likeness (QED) is 0.215. The molecule has 0 bridgehead atoms. The van der Waals surface area contributed by atoms with E-state index in [1.807, 2.05) is 0 Å². The van der Waals surface area contributed by atoms with Crippen LogP contribution in [0.25, 0.3) is 0 Å². The molecular weight excluding hydrogens is 456 g/mol. The Hall–Kier alpha value is -3.58. The van der Waals surface area contributed by atoms with Crippen LogP contribution in [0.4, 0.5) is 5.69 Å². The van der Waals surface area contributed by atoms with Crippen molar-refractivity contribution in [2.45, 2.75) is 58.4 Å². The van der Waals surface area contributed by atoms with Gasteiger partial charge in [-0.3, -0.25) is 29.3 Å². The minimum Gasteiger partial charge on any atom is -0.463 e. The molecule has 13 nitrogen and oxygen atoms in total. The van der Waals surface area contributed by atoms with E-state index in [-0.39, 0.29) is 25.3 Å². The Morgan fingerprint density at radius 2 is 1.59 bits per heavy atom. The number of amides is 1. The molecule has 1 saturated heterocycles. The van der Waals surface area contributed by atoms with Crippen LogP contribution >= 0.6 is 0 Å². The zero-order valence-corrected chi connectivity index (χ0v) is 18.8. The van der Waals surface area contributed by atoms with E-state index in [2.05, 4.69) is 0 Å². The lowest BCUT2D eigenvalue weighted by atomic mass is 9.87. The van der Waals surface area contributed by atoms with E-state index >= 15 is 0 Å². The summed E-state index contributed by atoms with van der Waals surface area (Å²) in [6, 6.07) is 5.55. The Morgan fingerprint density at radius 3 is 2.09 bits per heavy atom. The lowest BCUT2D eigenvalue weighted by Gasteiger charge is -2.44. The van der Waals surface area contributed by atoms with Gasteiger partial charge in [-0.05, 0) is 17.7 Å². The molecule has 1 amide bonds. The summed E-state index contributed by atoms with van der Waals surface area (Å²) in [6.45, 7) is 2.99. The molecule has 0 aliphatic carbocycles. The van der Waals surface area contributed by atoms with Gasteiger partial charge in [0.25, 0.3) is 5.69 Å². The van der Waals surface area contributed by atoms with E-state index in [1.165, 1.54) is 31.2 Å². The third kappa shape index (κ3) is 7.78. The van der Waals surface area contributed by atoms with Crippen molar-refractivity contribution in [3.05, 3.63) is 39.9 Å². The highest BCUT2D eigenvalue weighted by atomic mass is 16.7. The average molecular weight is 482 g/mol. The van der Waals surface area contributed by atoms with Crippen LogP contribution in [-0.4, -0.2) is 59.9 Å². The van der Waals surface area contributed by atoms with Crippen LogP contribution in [0, 0.1) is 16.0 Å². The number of carbonyl (C=O) groups excluding carboxylic acids is 4. The monoisotopic (exact) mass is 482 g/mol. The number of hydrogen-bond donors (Lipinski definition) is 1. The number of hydrogen-bond acceptors (Lipinski definition) is 11. The number of carbonyl (C=O) groups is 4. The molecule has 1 aliphatic rings. The first-order valence-electron chi connectivity index (χ1n) is 10.2. The van der Waals surface area contributed by atoms with Gasteiger partial charge in [0.15, 0.2) is 12.4 Å². The van der Waals surface area contributed by atoms with E-state index < -0.39 is 59.3 Å². The molecule has 0 unspecified atom stereocenters. The first-order chi connectivity index (χ1) is 16.0. The number of primary amides is 1. The van der Waals surface area contributed by atoms with Crippen LogP contribution in [0.5, 0.6) is 0 Å². The second-order valence-corrected chi connectivity index (χ2v) is 7.56. The van der Waals surface area contributed by atoms with E-state index in [9.17, 15) is 29.3 Å². The van der Waals surface area contributed by atoms with Crippen molar-refractivity contribution in [2.75, 3.05) is 6.61 Å². The summed E-state index contributed by atoms with van der Waals surface area (Å²) in [5.74, 6) is -3.80. The van der Waals surface area contributed by atoms with Gasteiger partial charge in [0.2, 0.25) is 5.91 Å². The zero-order valence-electron chi connectivity index (χ0n) is 18.8. The number of ether oxygens (including phenoxy) is 5. The van der Waals surface area contributed by atoms with Crippen molar-refractivity contribution < 1.29 is 47.8 Å². The number of non-ortho nitro benzene ring substituents is 1. The summed E-state index contributed by atoms with van der Waals surface area (Å²) in [4.78, 5) is 57.0. The van der Waals surface area contributed by atoms with Crippen molar-refractivity contribution in [1.82, 2.24) is 0 Å². The lowest BCUT2D eigenvalue weighted by Crippen LogP contribution is -2.59. The Morgan fingerprint density at radius 1 is 1.00 bits per heavy atom. The van der Waals surface area contributed by atoms with Gasteiger partial charge in [-0.2, -0.15) is 0 Å². The van der Waals surface area contributed by atoms with Crippen molar-refractivity contribution >= 4 is 29.5 Å². The van der Waals surface area contributed by atoms with Crippen molar-refractivity contribution in [2.24, 2.45) is 11.7 Å². The molecular formula is C21H26N2O11. The molecule has 5 atom stereocenters. The summed E-state index contributed by atoms with van der Waals surface area (Å²) in [5, 5.41) is 10.8. The zero-order chi connectivity index (χ0) is 25.4. The second-order valence-electron chi connectivity index (χ2n) is 7.56. The van der Waals surface area contributed by atoms with Crippen LogP contribution in [0.3, 0.4) is 0 Å². The maximum Gasteiger partial charge on any atom is 0.303 e. The van der Waals surface area contributed by atoms with E-state index in [0.29, 0.717) is 5.56 Å². The van der Waals surface area contributed by atoms with Gasteiger partial charge < -0.3 is 29.4 Å². The van der Waals surface area contributed by atoms with E-state index in [1.54, 1.807) is 0 Å². The Kier molecular flexibility index (Phi) is 9.45. The number of nitro benzene ring substituents is 1. The van der Waals surface area contributed by atoms with Crippen LogP contribution in [0.1, 0.15) is 32.8 Å². The summed E-state index contributed by atoms with van der Waals surface area (Å²) < 4.78 is 27.4. The molecule has 1 aliphatic heterocycles. The fourth-order valence-electron chi connectivity index (χ4n) is 3.47. The highest BCUT2D eigenvalue weighted by Gasteiger charge is 2.51. The molecule has 1 fully saturated rings. The van der Waals surface area contributed by atoms with Crippen LogP contribution in [0.2, 0.25) is 0 Å². The topological polar surface area (TPSA) is 184 Å². The van der Waals surface area contributed by atoms with Crippen molar-refractivity contribution in [3.8, 4) is 0 Å². The van der Waals surface area contributed by atoms with Crippen LogP contribution in [0.15, 0.2) is 24.3 Å². The highest BCUT2D eigenvalue weighted by molar-refractivity contribution is 5.74. The highest BCUT2D eigenvalue weighted by Crippen LogP contribution is 2.34. The van der Waals surface area contributed by atoms with Gasteiger partial charge in [0.05, 0.1) is 17.4 Å². The molecule has 2 rings (SSSR count). The molecule has 0 radical (unpaired) electrons. The fourth-order valence-corrected chi connectivity index (χ4v) is 3.47. The number of nitrogens with two attached hydrogens (primary N) is 1. The Balaban J connectivity index is 2.34. The van der Waals surface area contributed by atoms with Crippen LogP contribution < -0.4 is 5.73 Å². The summed E-state index contributed by atoms with van der Waals surface area (Å²) in [6.07, 6.45) is -5.06. The molecule has 1 aromatic rings. The smallest absolute Gasteiger partial charge is 0.303 e. The number of nitrogens with zero attached hydrogens (tertiary/aromatic N) is 1. The lowest BCUT2D eigenvalue weighted by molar-refractivity contribution is -0.384. The number of rotatable bonds is 10. The third-order valence-electron chi connectivity index (χ3n) is 4.82. The van der Waals surface area contributed by atoms with Gasteiger partial charge in [-0.15, -0.1) is 0 Å². The summed E-state index contributed by atoms with van der Waals surface area (Å²) in [7, 11) is 0. The standard InChI is InChI=1S/C21H26N2O11/c1-11(24)30-10-17-20(33-13(3)26)19(32-12(2)25)16(8-18(22)27)21(34-17)31-9-14-4-6-15(7-5-14)23(28)29/h4-7,16-17,19-21H,8-10H2,1-3H3,(H2,22,27)/t16-,17+,19+,20+,21-/m0/s1. The Labute approximate surface area is 194 Å². The summed E-state index contributed by atoms with van der Waals surface area (Å²) in [5.41, 5.74) is 5.82. The average Bonchev–Trinajstić information content (AvgIpc) is 2.73. The molecule has 34 heavy (non-hydrogen) atoms. The van der Waals surface area contributed by atoms with Gasteiger partial charge >= 0.3 is 17.9 Å². The molecule has 1 heterocycles. The van der Waals surface area contributed by atoms with Crippen molar-refractivity contribution in [1.29, 1.82) is 0 Å². The molecule has 2 N–H and O–H groups in total. The van der Waals surface area contributed by atoms with Gasteiger partial charge in [-0.25, -0.2) is 0 Å². The minimum absolute atomic E-state index is 0.0940. The third-order valence-corrected chi connectivity index (χ3v) is 4.82. The molecule has 0 saturated carbocycles. The molecule has 186 valence electrons. The maximum absolute atomic E-state index is 11.8. The Bertz CT molecular complexity index is 918. The van der Waals surface area contributed by atoms with Gasteiger partial charge in [0.1, 0.15) is 18.8 Å². The van der Waals surface area contributed by atoms with Gasteiger partial charge in [0, 0.05) is 39.3 Å². The molecule has 0 aromatic heterocycles. The number of nitro groups is 1. The predicted molar refractivity (Wildman–Crippen MR) is 112 cm³/mol. The predicted octanol–water partition coefficient (Wildman–Crippen LogP) is 0.754. The van der Waals surface area contributed by atoms with Crippen molar-refractivity contribution in [3.63, 3.8) is 0 Å². The second kappa shape index (κ2) is 12.0. The first kappa shape index (κ1) is 26.7. The van der Waals surface area contributed by atoms with Gasteiger partial charge in [-0.1, -0.05) is 0 Å². The number of benzene rings is 1. The normalized spacial score (nSPS) is 24.0. The fraction of sp³-hybridized carbons (Fsp3) is 0.524. The first-order valence-corrected chi connectivity index (χ1v) is 10.2. The summed E-state index contributed by atoms with van der Waals surface area (Å²) >= 11 is 0. The largest absolute Gasteiger partial charge is 0.463 e. The SMILES string of the molecule is CC(=O)OC[C@H]1O[C@H](OCc2ccc([N+](=O)[O-])cc2)[C@@H](CC(N)=O)[C@@H](OC(C)=O)[C@@H]1OC(C)=O. The maximum atomic E-state index is 11.8. The minimum atomic E-state index is -1.22. The van der Waals surface area contributed by atoms with E-state index in [0.717, 1.165) is 13.8 Å². The van der Waals surface area contributed by atoms with Crippen LogP contribution in [-0.2, 0) is 49.5 Å². The molecule has 0 spiro atoms. The number of esters is 3. The van der Waals surface area contributed by atoms with E-state index in [4.69, 9.17) is 29.4 Å². The molecule has 13 heteroatoms.